The predicted molar refractivity (Wildman–Crippen MR) is 78.1 cm³/mol. The largest absolute Gasteiger partial charge is 0.0683 e. The molecule has 0 aromatic carbocycles. The maximum absolute atomic E-state index is 2.00. The Labute approximate surface area is 105 Å². The molecule has 100 valence electrons. The van der Waals surface area contributed by atoms with E-state index in [-0.39, 0.29) is 0 Å². The fraction of sp³-hybridized carbons (Fsp3) is 1.00. The minimum Gasteiger partial charge on any atom is -0.0683 e. The van der Waals surface area contributed by atoms with Crippen LogP contribution in [-0.4, -0.2) is 0 Å². The van der Waals surface area contributed by atoms with Gasteiger partial charge in [0.05, 0.1) is 0 Å². The third-order valence-corrected chi connectivity index (χ3v) is 3.00. The maximum atomic E-state index is 2.00. The van der Waals surface area contributed by atoms with Gasteiger partial charge in [0.2, 0.25) is 0 Å². The summed E-state index contributed by atoms with van der Waals surface area (Å²) >= 11 is 0. The molecule has 16 heavy (non-hydrogen) atoms. The minimum absolute atomic E-state index is 1.50. The van der Waals surface area contributed by atoms with Gasteiger partial charge < -0.3 is 0 Å². The molecule has 2 rings (SSSR count). The Balaban J connectivity index is 0. The van der Waals surface area contributed by atoms with Crippen molar-refractivity contribution in [2.45, 2.75) is 105 Å². The first-order chi connectivity index (χ1) is 8.00. The normalized spacial score (nSPS) is 18.8. The maximum Gasteiger partial charge on any atom is -0.0533 e. The van der Waals surface area contributed by atoms with Crippen LogP contribution in [0.3, 0.4) is 0 Å². The Morgan fingerprint density at radius 2 is 0.312 bits per heavy atom. The summed E-state index contributed by atoms with van der Waals surface area (Å²) in [6.07, 6.45) is 18.0. The van der Waals surface area contributed by atoms with E-state index in [1.807, 2.05) is 27.7 Å². The van der Waals surface area contributed by atoms with Crippen LogP contribution in [0.1, 0.15) is 105 Å². The molecule has 0 spiro atoms. The molecule has 0 aromatic heterocycles. The molecular formula is C16H36. The molecule has 0 radical (unpaired) electrons. The molecule has 0 unspecified atom stereocenters. The van der Waals surface area contributed by atoms with Gasteiger partial charge in [-0.1, -0.05) is 105 Å². The quantitative estimate of drug-likeness (QED) is 0.431. The molecule has 0 aromatic rings. The van der Waals surface area contributed by atoms with E-state index in [9.17, 15) is 0 Å². The molecule has 0 heteroatoms. The van der Waals surface area contributed by atoms with Gasteiger partial charge in [0.25, 0.3) is 0 Å². The zero-order valence-electron chi connectivity index (χ0n) is 12.5. The van der Waals surface area contributed by atoms with Gasteiger partial charge in [0, 0.05) is 0 Å². The Morgan fingerprint density at radius 3 is 0.375 bits per heavy atom. The van der Waals surface area contributed by atoms with Crippen molar-refractivity contribution in [3.05, 3.63) is 0 Å². The van der Waals surface area contributed by atoms with Gasteiger partial charge in [-0.15, -0.1) is 0 Å². The summed E-state index contributed by atoms with van der Waals surface area (Å²) in [5, 5.41) is 0. The van der Waals surface area contributed by atoms with E-state index < -0.39 is 0 Å². The second kappa shape index (κ2) is 20.4. The molecule has 0 heterocycles. The molecule has 0 aliphatic heterocycles. The summed E-state index contributed by atoms with van der Waals surface area (Å²) in [6.45, 7) is 8.00. The minimum atomic E-state index is 1.50. The van der Waals surface area contributed by atoms with Crippen molar-refractivity contribution in [1.29, 1.82) is 0 Å². The first-order valence-electron chi connectivity index (χ1n) is 8.00. The van der Waals surface area contributed by atoms with Crippen molar-refractivity contribution in [2.75, 3.05) is 0 Å². The smallest absolute Gasteiger partial charge is 0.0533 e. The highest BCUT2D eigenvalue weighted by atomic mass is 14.0. The summed E-state index contributed by atoms with van der Waals surface area (Å²) in [4.78, 5) is 0. The summed E-state index contributed by atoms with van der Waals surface area (Å²) in [6, 6.07) is 0. The van der Waals surface area contributed by atoms with Gasteiger partial charge in [-0.3, -0.25) is 0 Å². The highest BCUT2D eigenvalue weighted by Gasteiger charge is 1.96. The molecule has 2 saturated carbocycles. The molecule has 0 saturated heterocycles. The summed E-state index contributed by atoms with van der Waals surface area (Å²) < 4.78 is 0. The standard InChI is InChI=1S/2C6H12.2C2H6/c2*1-2-4-6-5-3-1;2*1-2/h2*1-6H2;2*1-2H3. The number of rotatable bonds is 0. The third-order valence-electron chi connectivity index (χ3n) is 3.00. The molecule has 2 fully saturated rings. The molecule has 0 amide bonds. The first kappa shape index (κ1) is 18.4. The lowest BCUT2D eigenvalue weighted by atomic mass is 10.0. The van der Waals surface area contributed by atoms with Crippen LogP contribution in [-0.2, 0) is 0 Å². The second-order valence-corrected chi connectivity index (χ2v) is 4.24. The fourth-order valence-corrected chi connectivity index (χ4v) is 2.12. The monoisotopic (exact) mass is 228 g/mol. The van der Waals surface area contributed by atoms with Crippen LogP contribution in [0.25, 0.3) is 0 Å². The van der Waals surface area contributed by atoms with Crippen LogP contribution in [0.2, 0.25) is 0 Å². The Hall–Kier alpha value is 0. The van der Waals surface area contributed by atoms with Gasteiger partial charge in [-0.05, 0) is 0 Å². The second-order valence-electron chi connectivity index (χ2n) is 4.24. The average Bonchev–Trinajstić information content (AvgIpc) is 2.48. The highest BCUT2D eigenvalue weighted by molar-refractivity contribution is 4.51. The molecule has 2 aliphatic carbocycles. The summed E-state index contributed by atoms with van der Waals surface area (Å²) in [5.74, 6) is 0. The van der Waals surface area contributed by atoms with Crippen LogP contribution >= 0.6 is 0 Å². The number of hydrogen-bond acceptors (Lipinski definition) is 0. The van der Waals surface area contributed by atoms with E-state index in [0.717, 1.165) is 0 Å². The van der Waals surface area contributed by atoms with E-state index in [0.29, 0.717) is 0 Å². The van der Waals surface area contributed by atoms with Gasteiger partial charge in [-0.25, -0.2) is 0 Å². The third kappa shape index (κ3) is 16.4. The Morgan fingerprint density at radius 1 is 0.250 bits per heavy atom. The SMILES string of the molecule is C1CCCCC1.C1CCCCC1.CC.CC. The summed E-state index contributed by atoms with van der Waals surface area (Å²) in [7, 11) is 0. The van der Waals surface area contributed by atoms with Crippen molar-refractivity contribution in [1.82, 2.24) is 0 Å². The van der Waals surface area contributed by atoms with E-state index >= 15 is 0 Å². The van der Waals surface area contributed by atoms with Crippen LogP contribution in [0.15, 0.2) is 0 Å². The topological polar surface area (TPSA) is 0 Å². The van der Waals surface area contributed by atoms with E-state index in [1.165, 1.54) is 77.0 Å². The van der Waals surface area contributed by atoms with E-state index in [2.05, 4.69) is 0 Å². The molecule has 0 bridgehead atoms. The molecule has 0 nitrogen and oxygen atoms in total. The lowest BCUT2D eigenvalue weighted by molar-refractivity contribution is 0.504. The van der Waals surface area contributed by atoms with E-state index in [4.69, 9.17) is 0 Å². The van der Waals surface area contributed by atoms with Crippen LogP contribution in [0.4, 0.5) is 0 Å². The summed E-state index contributed by atoms with van der Waals surface area (Å²) in [5.41, 5.74) is 0. The van der Waals surface area contributed by atoms with Crippen molar-refractivity contribution in [3.63, 3.8) is 0 Å². The van der Waals surface area contributed by atoms with E-state index in [1.54, 1.807) is 0 Å². The molecule has 2 aliphatic rings. The van der Waals surface area contributed by atoms with Gasteiger partial charge in [0.15, 0.2) is 0 Å². The van der Waals surface area contributed by atoms with Crippen LogP contribution in [0, 0.1) is 0 Å². The predicted octanol–water partition coefficient (Wildman–Crippen LogP) is 6.73. The van der Waals surface area contributed by atoms with Crippen molar-refractivity contribution in [2.24, 2.45) is 0 Å². The van der Waals surface area contributed by atoms with Crippen molar-refractivity contribution < 1.29 is 0 Å². The number of hydrogen-bond donors (Lipinski definition) is 0. The fourth-order valence-electron chi connectivity index (χ4n) is 2.12. The molecular weight excluding hydrogens is 192 g/mol. The molecule has 0 N–H and O–H groups in total. The first-order valence-corrected chi connectivity index (χ1v) is 8.00. The lowest BCUT2D eigenvalue weighted by Gasteiger charge is -2.05. The zero-order valence-corrected chi connectivity index (χ0v) is 12.5. The Kier molecular flexibility index (Phi) is 23.4. The van der Waals surface area contributed by atoms with Gasteiger partial charge in [-0.2, -0.15) is 0 Å². The molecule has 0 atom stereocenters. The van der Waals surface area contributed by atoms with Gasteiger partial charge >= 0.3 is 0 Å². The van der Waals surface area contributed by atoms with Crippen molar-refractivity contribution in [3.8, 4) is 0 Å². The van der Waals surface area contributed by atoms with Crippen LogP contribution in [0.5, 0.6) is 0 Å². The Bertz CT molecular complexity index is 43.0. The highest BCUT2D eigenvalue weighted by Crippen LogP contribution is 2.15. The van der Waals surface area contributed by atoms with Crippen molar-refractivity contribution >= 4 is 0 Å². The van der Waals surface area contributed by atoms with Gasteiger partial charge in [0.1, 0.15) is 0 Å². The lowest BCUT2D eigenvalue weighted by Crippen LogP contribution is -1.85. The zero-order chi connectivity index (χ0) is 12.5. The van der Waals surface area contributed by atoms with Crippen LogP contribution < -0.4 is 0 Å². The average molecular weight is 228 g/mol.